The Balaban J connectivity index is 1.27. The fourth-order valence-electron chi connectivity index (χ4n) is 3.91. The van der Waals surface area contributed by atoms with Gasteiger partial charge in [0.25, 0.3) is 0 Å². The molecule has 25 heavy (non-hydrogen) atoms. The molecule has 0 bridgehead atoms. The Kier molecular flexibility index (Phi) is 5.25. The second-order valence-corrected chi connectivity index (χ2v) is 7.23. The van der Waals surface area contributed by atoms with Crippen molar-refractivity contribution in [3.63, 3.8) is 0 Å². The van der Waals surface area contributed by atoms with Gasteiger partial charge >= 0.3 is 0 Å². The van der Waals surface area contributed by atoms with Gasteiger partial charge in [0.15, 0.2) is 0 Å². The lowest BCUT2D eigenvalue weighted by Crippen LogP contribution is -2.44. The van der Waals surface area contributed by atoms with Gasteiger partial charge in [0.1, 0.15) is 11.9 Å². The average molecular weight is 343 g/mol. The summed E-state index contributed by atoms with van der Waals surface area (Å²) in [6.07, 6.45) is 4.68. The standard InChI is InChI=1S/C20H29N3O2/c1-21-8-7-18-19(21)3-2-4-20(18)25-17-5-9-22(10-6-17)11-12-23-13-15-24-16-14-23/h2-4,7-8,17H,5-6,9-16H2,1H3. The number of rotatable bonds is 5. The zero-order valence-corrected chi connectivity index (χ0v) is 15.2. The van der Waals surface area contributed by atoms with Crippen LogP contribution in [0.15, 0.2) is 30.5 Å². The Bertz CT molecular complexity index is 685. The normalized spacial score (nSPS) is 21.0. The van der Waals surface area contributed by atoms with Gasteiger partial charge < -0.3 is 18.9 Å². The van der Waals surface area contributed by atoms with Gasteiger partial charge in [-0.25, -0.2) is 0 Å². The molecule has 0 saturated carbocycles. The first-order chi connectivity index (χ1) is 12.3. The molecule has 2 aliphatic heterocycles. The van der Waals surface area contributed by atoms with Crippen LogP contribution in [0.2, 0.25) is 0 Å². The molecule has 0 unspecified atom stereocenters. The van der Waals surface area contributed by atoms with Gasteiger partial charge in [-0.1, -0.05) is 6.07 Å². The molecule has 2 fully saturated rings. The zero-order chi connectivity index (χ0) is 17.1. The van der Waals surface area contributed by atoms with Crippen molar-refractivity contribution in [1.29, 1.82) is 0 Å². The summed E-state index contributed by atoms with van der Waals surface area (Å²) in [4.78, 5) is 5.10. The fraction of sp³-hybridized carbons (Fsp3) is 0.600. The highest BCUT2D eigenvalue weighted by molar-refractivity contribution is 5.86. The summed E-state index contributed by atoms with van der Waals surface area (Å²) < 4.78 is 13.9. The van der Waals surface area contributed by atoms with E-state index in [1.54, 1.807) is 0 Å². The number of aromatic nitrogens is 1. The second-order valence-electron chi connectivity index (χ2n) is 7.23. The molecular formula is C20H29N3O2. The van der Waals surface area contributed by atoms with Crippen molar-refractivity contribution in [2.75, 3.05) is 52.5 Å². The summed E-state index contributed by atoms with van der Waals surface area (Å²) in [6.45, 7) is 8.56. The fourth-order valence-corrected chi connectivity index (χ4v) is 3.91. The maximum atomic E-state index is 6.36. The van der Waals surface area contributed by atoms with Crippen molar-refractivity contribution in [2.45, 2.75) is 18.9 Å². The third-order valence-electron chi connectivity index (χ3n) is 5.55. The molecule has 0 amide bonds. The number of piperidine rings is 1. The van der Waals surface area contributed by atoms with E-state index in [4.69, 9.17) is 9.47 Å². The van der Waals surface area contributed by atoms with Crippen LogP contribution in [0, 0.1) is 0 Å². The van der Waals surface area contributed by atoms with E-state index in [1.165, 1.54) is 17.4 Å². The third kappa shape index (κ3) is 4.00. The summed E-state index contributed by atoms with van der Waals surface area (Å²) in [5, 5.41) is 1.22. The van der Waals surface area contributed by atoms with Gasteiger partial charge in [-0.15, -0.1) is 0 Å². The number of morpholine rings is 1. The Morgan fingerprint density at radius 3 is 2.48 bits per heavy atom. The molecule has 0 atom stereocenters. The zero-order valence-electron chi connectivity index (χ0n) is 15.2. The van der Waals surface area contributed by atoms with Crippen LogP contribution >= 0.6 is 0 Å². The number of aryl methyl sites for hydroxylation is 1. The first-order valence-corrected chi connectivity index (χ1v) is 9.53. The van der Waals surface area contributed by atoms with Crippen LogP contribution in [0.3, 0.4) is 0 Å². The van der Waals surface area contributed by atoms with E-state index in [9.17, 15) is 0 Å². The highest BCUT2D eigenvalue weighted by Crippen LogP contribution is 2.28. The van der Waals surface area contributed by atoms with Crippen LogP contribution < -0.4 is 4.74 Å². The number of hydrogen-bond acceptors (Lipinski definition) is 4. The van der Waals surface area contributed by atoms with E-state index < -0.39 is 0 Å². The number of likely N-dealkylation sites (tertiary alicyclic amines) is 1. The van der Waals surface area contributed by atoms with Crippen molar-refractivity contribution in [1.82, 2.24) is 14.4 Å². The predicted octanol–water partition coefficient (Wildman–Crippen LogP) is 2.35. The smallest absolute Gasteiger partial charge is 0.129 e. The molecule has 0 N–H and O–H groups in total. The van der Waals surface area contributed by atoms with Crippen LogP contribution in [-0.4, -0.2) is 73.0 Å². The largest absolute Gasteiger partial charge is 0.490 e. The molecule has 2 aromatic rings. The van der Waals surface area contributed by atoms with Crippen molar-refractivity contribution in [2.24, 2.45) is 7.05 Å². The molecule has 2 saturated heterocycles. The van der Waals surface area contributed by atoms with Crippen molar-refractivity contribution >= 4 is 10.9 Å². The lowest BCUT2D eigenvalue weighted by Gasteiger charge is -2.34. The topological polar surface area (TPSA) is 29.9 Å². The molecule has 5 heteroatoms. The number of benzene rings is 1. The van der Waals surface area contributed by atoms with Crippen molar-refractivity contribution in [3.05, 3.63) is 30.5 Å². The monoisotopic (exact) mass is 343 g/mol. The molecule has 0 spiro atoms. The summed E-state index contributed by atoms with van der Waals surface area (Å²) in [7, 11) is 2.08. The molecular weight excluding hydrogens is 314 g/mol. The first kappa shape index (κ1) is 16.9. The molecule has 5 nitrogen and oxygen atoms in total. The first-order valence-electron chi connectivity index (χ1n) is 9.53. The van der Waals surface area contributed by atoms with Gasteiger partial charge in [-0.05, 0) is 31.0 Å². The number of nitrogens with zero attached hydrogens (tertiary/aromatic N) is 3. The molecule has 2 aliphatic rings. The minimum atomic E-state index is 0.338. The minimum absolute atomic E-state index is 0.338. The lowest BCUT2D eigenvalue weighted by molar-refractivity contribution is 0.0290. The Hall–Kier alpha value is -1.56. The maximum Gasteiger partial charge on any atom is 0.129 e. The van der Waals surface area contributed by atoms with Gasteiger partial charge in [-0.2, -0.15) is 0 Å². The average Bonchev–Trinajstić information content (AvgIpc) is 3.04. The van der Waals surface area contributed by atoms with E-state index in [0.29, 0.717) is 6.10 Å². The molecule has 3 heterocycles. The van der Waals surface area contributed by atoms with E-state index in [2.05, 4.69) is 51.9 Å². The van der Waals surface area contributed by atoms with E-state index >= 15 is 0 Å². The van der Waals surface area contributed by atoms with Crippen LogP contribution in [0.4, 0.5) is 0 Å². The maximum absolute atomic E-state index is 6.36. The predicted molar refractivity (Wildman–Crippen MR) is 100 cm³/mol. The van der Waals surface area contributed by atoms with Gasteiger partial charge in [0, 0.05) is 57.9 Å². The van der Waals surface area contributed by atoms with Crippen molar-refractivity contribution < 1.29 is 9.47 Å². The van der Waals surface area contributed by atoms with E-state index in [0.717, 1.165) is 64.5 Å². The molecule has 136 valence electrons. The lowest BCUT2D eigenvalue weighted by atomic mass is 10.1. The van der Waals surface area contributed by atoms with Crippen LogP contribution in [0.25, 0.3) is 10.9 Å². The summed E-state index contributed by atoms with van der Waals surface area (Å²) in [6, 6.07) is 8.50. The molecule has 0 aliphatic carbocycles. The molecule has 0 radical (unpaired) electrons. The second kappa shape index (κ2) is 7.77. The molecule has 4 rings (SSSR count). The molecule has 1 aromatic heterocycles. The Labute approximate surface area is 150 Å². The van der Waals surface area contributed by atoms with Gasteiger partial charge in [-0.3, -0.25) is 4.90 Å². The highest BCUT2D eigenvalue weighted by Gasteiger charge is 2.22. The van der Waals surface area contributed by atoms with Gasteiger partial charge in [0.05, 0.1) is 18.7 Å². The minimum Gasteiger partial charge on any atom is -0.490 e. The van der Waals surface area contributed by atoms with Crippen LogP contribution in [0.1, 0.15) is 12.8 Å². The molecule has 1 aromatic carbocycles. The Morgan fingerprint density at radius 1 is 1.00 bits per heavy atom. The third-order valence-corrected chi connectivity index (χ3v) is 5.55. The van der Waals surface area contributed by atoms with E-state index in [-0.39, 0.29) is 0 Å². The number of ether oxygens (including phenoxy) is 2. The summed E-state index contributed by atoms with van der Waals surface area (Å²) >= 11 is 0. The van der Waals surface area contributed by atoms with E-state index in [1.807, 2.05) is 0 Å². The number of hydrogen-bond donors (Lipinski definition) is 0. The highest BCUT2D eigenvalue weighted by atomic mass is 16.5. The Morgan fingerprint density at radius 2 is 1.72 bits per heavy atom. The SMILES string of the molecule is Cn1ccc2c(OC3CCN(CCN4CCOCC4)CC3)cccc21. The van der Waals surface area contributed by atoms with Crippen LogP contribution in [-0.2, 0) is 11.8 Å². The summed E-state index contributed by atoms with van der Waals surface area (Å²) in [5.41, 5.74) is 1.24. The summed E-state index contributed by atoms with van der Waals surface area (Å²) in [5.74, 6) is 1.03. The quantitative estimate of drug-likeness (QED) is 0.834. The number of fused-ring (bicyclic) bond motifs is 1. The van der Waals surface area contributed by atoms with Gasteiger partial charge in [0.2, 0.25) is 0 Å². The van der Waals surface area contributed by atoms with Crippen molar-refractivity contribution in [3.8, 4) is 5.75 Å². The van der Waals surface area contributed by atoms with Crippen LogP contribution in [0.5, 0.6) is 5.75 Å².